The van der Waals surface area contributed by atoms with Gasteiger partial charge in [-0.1, -0.05) is 79.0 Å². The zero-order valence-corrected chi connectivity index (χ0v) is 25.5. The van der Waals surface area contributed by atoms with E-state index in [1.54, 1.807) is 18.4 Å². The first kappa shape index (κ1) is 38.8. The van der Waals surface area contributed by atoms with Crippen LogP contribution in [0.1, 0.15) is 86.0 Å². The SMILES string of the molecule is C.CCCCCO.CCCCCOP(=S)(S)OCCCCC.S=PP=S=S=S=S. The Hall–Kier alpha value is 2.58. The average molecular weight is 597 g/mol. The molecule has 0 unspecified atom stereocenters. The molecule has 0 spiro atoms. The molecule has 0 aromatic carbocycles. The molecule has 29 heavy (non-hydrogen) atoms. The molecular formula is C16H39O3P3S7. The van der Waals surface area contributed by atoms with E-state index in [-0.39, 0.29) is 7.43 Å². The van der Waals surface area contributed by atoms with Gasteiger partial charge in [-0.05, 0) is 81.3 Å². The summed E-state index contributed by atoms with van der Waals surface area (Å²) in [5.74, 6) is 0. The van der Waals surface area contributed by atoms with Crippen molar-refractivity contribution in [1.29, 1.82) is 0 Å². The summed E-state index contributed by atoms with van der Waals surface area (Å²) in [5.41, 5.74) is -2.25. The van der Waals surface area contributed by atoms with Gasteiger partial charge in [-0.3, -0.25) is 0 Å². The number of aliphatic hydroxyl groups excluding tert-OH is 1. The molecule has 0 atom stereocenters. The summed E-state index contributed by atoms with van der Waals surface area (Å²) in [4.78, 5) is 0. The molecular weight excluding hydrogens is 558 g/mol. The van der Waals surface area contributed by atoms with Crippen LogP contribution in [0.5, 0.6) is 0 Å². The molecule has 0 aliphatic carbocycles. The Balaban J connectivity index is -0.000000186. The third-order valence-corrected chi connectivity index (χ3v) is 15.2. The summed E-state index contributed by atoms with van der Waals surface area (Å²) in [6.45, 7) is 8.17. The van der Waals surface area contributed by atoms with Crippen molar-refractivity contribution in [1.82, 2.24) is 0 Å². The van der Waals surface area contributed by atoms with E-state index in [9.17, 15) is 0 Å². The number of unbranched alkanes of at least 4 members (excludes halogenated alkanes) is 6. The van der Waals surface area contributed by atoms with Gasteiger partial charge in [0.25, 0.3) is 0 Å². The van der Waals surface area contributed by atoms with Gasteiger partial charge in [0.2, 0.25) is 5.69 Å². The molecule has 0 saturated heterocycles. The normalized spacial score (nSPS) is 10.1. The number of rotatable bonds is 14. The minimum absolute atomic E-state index is 0. The van der Waals surface area contributed by atoms with Crippen LogP contribution in [0.3, 0.4) is 0 Å². The van der Waals surface area contributed by atoms with Gasteiger partial charge in [-0.25, -0.2) is 0 Å². The zero-order valence-electron chi connectivity index (χ0n) is 17.0. The minimum atomic E-state index is -2.25. The molecule has 0 amide bonds. The molecule has 0 rings (SSSR count). The van der Waals surface area contributed by atoms with Crippen molar-refractivity contribution in [3.63, 3.8) is 0 Å². The summed E-state index contributed by atoms with van der Waals surface area (Å²) in [6, 6.07) is 0. The first-order chi connectivity index (χ1) is 13.4. The van der Waals surface area contributed by atoms with Crippen molar-refractivity contribution < 1.29 is 14.2 Å². The van der Waals surface area contributed by atoms with Crippen LogP contribution in [0, 0.1) is 0 Å². The topological polar surface area (TPSA) is 38.7 Å². The molecule has 1 N–H and O–H groups in total. The van der Waals surface area contributed by atoms with E-state index < -0.39 is 5.69 Å². The molecule has 178 valence electrons. The van der Waals surface area contributed by atoms with Crippen LogP contribution in [-0.2, 0) is 71.1 Å². The third-order valence-electron chi connectivity index (χ3n) is 2.89. The van der Waals surface area contributed by atoms with Gasteiger partial charge in [0.15, 0.2) is 0 Å². The second-order valence-corrected chi connectivity index (χ2v) is 20.4. The van der Waals surface area contributed by atoms with Crippen molar-refractivity contribution in [2.45, 2.75) is 86.0 Å². The summed E-state index contributed by atoms with van der Waals surface area (Å²) < 4.78 is 11.0. The number of hydrogen-bond acceptors (Lipinski definition) is 6. The Morgan fingerprint density at radius 3 is 1.69 bits per heavy atom. The molecule has 0 aromatic rings. The van der Waals surface area contributed by atoms with Crippen molar-refractivity contribution in [2.24, 2.45) is 0 Å². The molecule has 0 radical (unpaired) electrons. The predicted molar refractivity (Wildman–Crippen MR) is 158 cm³/mol. The maximum Gasteiger partial charge on any atom is 0.244 e. The molecule has 0 aliphatic rings. The molecule has 0 bridgehead atoms. The molecule has 3 nitrogen and oxygen atoms in total. The zero-order chi connectivity index (χ0) is 21.9. The fraction of sp³-hybridized carbons (Fsp3) is 1.00. The average Bonchev–Trinajstić information content (AvgIpc) is 2.68. The van der Waals surface area contributed by atoms with Crippen molar-refractivity contribution in [3.05, 3.63) is 0 Å². The van der Waals surface area contributed by atoms with E-state index >= 15 is 0 Å². The second-order valence-electron chi connectivity index (χ2n) is 5.35. The maximum absolute atomic E-state index is 8.20. The Kier molecular flexibility index (Phi) is 47.1. The first-order valence-corrected chi connectivity index (χ1v) is 21.6. The number of aliphatic hydroxyl groups is 1. The van der Waals surface area contributed by atoms with Crippen LogP contribution in [0.15, 0.2) is 0 Å². The van der Waals surface area contributed by atoms with Crippen molar-refractivity contribution in [3.8, 4) is 0 Å². The van der Waals surface area contributed by atoms with Gasteiger partial charge in [0, 0.05) is 20.7 Å². The lowest BCUT2D eigenvalue weighted by atomic mass is 10.3. The van der Waals surface area contributed by atoms with Crippen LogP contribution in [0.25, 0.3) is 0 Å². The van der Waals surface area contributed by atoms with Crippen LogP contribution >= 0.6 is 32.0 Å². The fourth-order valence-corrected chi connectivity index (χ4v) is 12.8. The highest BCUT2D eigenvalue weighted by Gasteiger charge is 2.11. The maximum atomic E-state index is 8.20. The van der Waals surface area contributed by atoms with Crippen LogP contribution in [0.4, 0.5) is 0 Å². The van der Waals surface area contributed by atoms with Gasteiger partial charge < -0.3 is 14.2 Å². The monoisotopic (exact) mass is 596 g/mol. The van der Waals surface area contributed by atoms with E-state index in [1.807, 2.05) is 0 Å². The van der Waals surface area contributed by atoms with Crippen LogP contribution in [0.2, 0.25) is 0 Å². The quantitative estimate of drug-likeness (QED) is 0.120. The van der Waals surface area contributed by atoms with E-state index in [2.05, 4.69) is 56.0 Å². The van der Waals surface area contributed by atoms with Crippen molar-refractivity contribution in [2.75, 3.05) is 19.8 Å². The molecule has 13 heteroatoms. The van der Waals surface area contributed by atoms with Gasteiger partial charge in [0.05, 0.1) is 13.2 Å². The lowest BCUT2D eigenvalue weighted by Crippen LogP contribution is -1.95. The van der Waals surface area contributed by atoms with Gasteiger partial charge in [-0.2, -0.15) is 0 Å². The number of thiol groups is 1. The van der Waals surface area contributed by atoms with E-state index in [1.165, 1.54) is 48.0 Å². The Morgan fingerprint density at radius 1 is 0.931 bits per heavy atom. The smallest absolute Gasteiger partial charge is 0.244 e. The molecule has 0 heterocycles. The van der Waals surface area contributed by atoms with Crippen LogP contribution in [-0.4, -0.2) is 24.9 Å². The molecule has 0 saturated carbocycles. The van der Waals surface area contributed by atoms with E-state index in [0.717, 1.165) is 32.7 Å². The Labute approximate surface area is 212 Å². The Morgan fingerprint density at radius 2 is 1.38 bits per heavy atom. The summed E-state index contributed by atoms with van der Waals surface area (Å²) in [5, 5.41) is 8.20. The summed E-state index contributed by atoms with van der Waals surface area (Å²) >= 11 is 18.7. The fourth-order valence-electron chi connectivity index (χ4n) is 1.50. The first-order valence-electron chi connectivity index (χ1n) is 9.33. The number of hydrogen-bond donors (Lipinski definition) is 2. The van der Waals surface area contributed by atoms with E-state index in [4.69, 9.17) is 26.0 Å². The van der Waals surface area contributed by atoms with Gasteiger partial charge in [-0.15, -0.1) is 0 Å². The highest BCUT2D eigenvalue weighted by Crippen LogP contribution is 2.53. The molecule has 0 aliphatic heterocycles. The predicted octanol–water partition coefficient (Wildman–Crippen LogP) is 8.07. The van der Waals surface area contributed by atoms with E-state index in [0.29, 0.717) is 19.8 Å². The summed E-state index contributed by atoms with van der Waals surface area (Å²) in [7, 11) is 6.83. The molecule has 0 aromatic heterocycles. The standard InChI is InChI=1S/C10H23O2PS2.C5H12O.CH4.P2S5/c1-3-5-7-9-11-13(14,15)12-10-8-6-4-2;1-2-3-4-5-6;;3-1-2-5-7-6-4/h3-10H2,1-2H3,(H,14,15);6H,2-5H2,1H3;1H4;. The van der Waals surface area contributed by atoms with Gasteiger partial charge >= 0.3 is 0 Å². The highest BCUT2D eigenvalue weighted by molar-refractivity contribution is 8.63. The van der Waals surface area contributed by atoms with Gasteiger partial charge in [0.1, 0.15) is 0 Å². The lowest BCUT2D eigenvalue weighted by molar-refractivity contribution is 0.251. The van der Waals surface area contributed by atoms with Crippen molar-refractivity contribution >= 4 is 94.1 Å². The molecule has 0 fully saturated rings. The lowest BCUT2D eigenvalue weighted by Gasteiger charge is -2.16. The third kappa shape index (κ3) is 44.9. The largest absolute Gasteiger partial charge is 0.396 e. The Bertz CT molecular complexity index is 488. The van der Waals surface area contributed by atoms with Crippen LogP contribution < -0.4 is 0 Å². The summed E-state index contributed by atoms with van der Waals surface area (Å²) in [6.07, 6.45) is 10.2. The second kappa shape index (κ2) is 35.2. The minimum Gasteiger partial charge on any atom is -0.396 e. The highest BCUT2D eigenvalue weighted by atomic mass is 33.3.